The van der Waals surface area contributed by atoms with E-state index < -0.39 is 0 Å². The monoisotopic (exact) mass is 396 g/mol. The summed E-state index contributed by atoms with van der Waals surface area (Å²) in [6, 6.07) is 14.6. The van der Waals surface area contributed by atoms with Crippen molar-refractivity contribution in [1.82, 2.24) is 4.90 Å². The van der Waals surface area contributed by atoms with E-state index in [1.54, 1.807) is 14.2 Å². The number of methoxy groups -OCH3 is 2. The Balaban J connectivity index is 1.69. The Hall–Kier alpha value is -2.53. The molecule has 0 saturated carbocycles. The van der Waals surface area contributed by atoms with Gasteiger partial charge < -0.3 is 19.1 Å². The highest BCUT2D eigenvalue weighted by molar-refractivity contribution is 5.58. The molecule has 0 bridgehead atoms. The lowest BCUT2D eigenvalue weighted by molar-refractivity contribution is 0.164. The fraction of sp³-hybridized carbons (Fsp3) is 0.458. The molecule has 0 aliphatic carbocycles. The van der Waals surface area contributed by atoms with E-state index in [1.165, 1.54) is 11.1 Å². The average molecular weight is 397 g/mol. The summed E-state index contributed by atoms with van der Waals surface area (Å²) in [6.07, 6.45) is 2.95. The van der Waals surface area contributed by atoms with E-state index in [1.807, 2.05) is 24.5 Å². The second-order valence-corrected chi connectivity index (χ2v) is 7.80. The molecule has 3 rings (SSSR count). The molecule has 0 fully saturated rings. The van der Waals surface area contributed by atoms with Crippen molar-refractivity contribution < 1.29 is 14.2 Å². The number of ether oxygens (including phenoxy) is 3. The molecule has 0 aromatic heterocycles. The van der Waals surface area contributed by atoms with Gasteiger partial charge >= 0.3 is 0 Å². The number of hydrogen-bond donors (Lipinski definition) is 0. The predicted octanol–water partition coefficient (Wildman–Crippen LogP) is 4.33. The molecule has 0 amide bonds. The van der Waals surface area contributed by atoms with Crippen molar-refractivity contribution in [3.8, 4) is 11.5 Å². The third-order valence-corrected chi connectivity index (χ3v) is 5.29. The van der Waals surface area contributed by atoms with Crippen LogP contribution in [0.25, 0.3) is 0 Å². The van der Waals surface area contributed by atoms with Crippen LogP contribution in [0.2, 0.25) is 0 Å². The van der Waals surface area contributed by atoms with Gasteiger partial charge in [0, 0.05) is 20.2 Å². The van der Waals surface area contributed by atoms with E-state index in [-0.39, 0.29) is 6.04 Å². The fourth-order valence-electron chi connectivity index (χ4n) is 3.45. The number of benzene rings is 2. The number of aliphatic imine (C=N–C) groups is 1. The molecule has 1 atom stereocenters. The second kappa shape index (κ2) is 10.3. The van der Waals surface area contributed by atoms with Gasteiger partial charge in [-0.05, 0) is 41.2 Å². The molecule has 1 aliphatic rings. The molecule has 0 unspecified atom stereocenters. The van der Waals surface area contributed by atoms with Crippen molar-refractivity contribution in [2.45, 2.75) is 39.5 Å². The predicted molar refractivity (Wildman–Crippen MR) is 117 cm³/mol. The van der Waals surface area contributed by atoms with E-state index in [4.69, 9.17) is 19.2 Å². The molecule has 5 heteroatoms. The highest BCUT2D eigenvalue weighted by Crippen LogP contribution is 2.34. The van der Waals surface area contributed by atoms with Crippen LogP contribution in [-0.4, -0.2) is 44.7 Å². The van der Waals surface area contributed by atoms with Crippen molar-refractivity contribution in [3.05, 3.63) is 59.2 Å². The summed E-state index contributed by atoms with van der Waals surface area (Å²) in [4.78, 5) is 7.01. The van der Waals surface area contributed by atoms with Crippen LogP contribution in [0.15, 0.2) is 47.5 Å². The van der Waals surface area contributed by atoms with Crippen molar-refractivity contribution in [2.24, 2.45) is 10.9 Å². The zero-order chi connectivity index (χ0) is 20.6. The van der Waals surface area contributed by atoms with Crippen LogP contribution in [-0.2, 0) is 24.3 Å². The number of hydrogen-bond acceptors (Lipinski definition) is 4. The summed E-state index contributed by atoms with van der Waals surface area (Å²) in [6.45, 7) is 7.30. The molecule has 29 heavy (non-hydrogen) atoms. The molecule has 2 aromatic carbocycles. The molecule has 1 aliphatic heterocycles. The van der Waals surface area contributed by atoms with Crippen molar-refractivity contribution >= 4 is 6.34 Å². The maximum Gasteiger partial charge on any atom is 0.161 e. The fourth-order valence-corrected chi connectivity index (χ4v) is 3.45. The van der Waals surface area contributed by atoms with Gasteiger partial charge in [-0.3, -0.25) is 4.99 Å². The Morgan fingerprint density at radius 3 is 2.52 bits per heavy atom. The summed E-state index contributed by atoms with van der Waals surface area (Å²) >= 11 is 0. The lowest BCUT2D eigenvalue weighted by atomic mass is 9.99. The molecular formula is C24H32N2O3. The minimum Gasteiger partial charge on any atom is -0.493 e. The Morgan fingerprint density at radius 2 is 1.83 bits per heavy atom. The van der Waals surface area contributed by atoms with Crippen LogP contribution < -0.4 is 9.47 Å². The Bertz CT molecular complexity index is 805. The summed E-state index contributed by atoms with van der Waals surface area (Å²) in [7, 11) is 3.42. The molecule has 2 aromatic rings. The summed E-state index contributed by atoms with van der Waals surface area (Å²) in [5, 5.41) is 0. The minimum absolute atomic E-state index is 0.185. The topological polar surface area (TPSA) is 43.3 Å². The van der Waals surface area contributed by atoms with Crippen molar-refractivity contribution in [1.29, 1.82) is 0 Å². The Kier molecular flexibility index (Phi) is 7.53. The van der Waals surface area contributed by atoms with Gasteiger partial charge in [0.25, 0.3) is 0 Å². The van der Waals surface area contributed by atoms with E-state index >= 15 is 0 Å². The lowest BCUT2D eigenvalue weighted by Crippen LogP contribution is -2.31. The smallest absolute Gasteiger partial charge is 0.161 e. The molecule has 156 valence electrons. The summed E-state index contributed by atoms with van der Waals surface area (Å²) < 4.78 is 17.0. The molecule has 1 heterocycles. The SMILES string of the molecule is COC[C@@H](N=CN1CCc2cc(OCc3ccccc3)c(OC)cc2C1)C(C)C. The third kappa shape index (κ3) is 5.73. The van der Waals surface area contributed by atoms with E-state index in [2.05, 4.69) is 43.0 Å². The highest BCUT2D eigenvalue weighted by atomic mass is 16.5. The first-order valence-corrected chi connectivity index (χ1v) is 10.2. The lowest BCUT2D eigenvalue weighted by Gasteiger charge is -2.28. The maximum absolute atomic E-state index is 6.06. The van der Waals surface area contributed by atoms with Gasteiger partial charge in [0.05, 0.1) is 26.1 Å². The largest absolute Gasteiger partial charge is 0.493 e. The maximum atomic E-state index is 6.06. The molecule has 0 radical (unpaired) electrons. The molecular weight excluding hydrogens is 364 g/mol. The first-order valence-electron chi connectivity index (χ1n) is 10.2. The summed E-state index contributed by atoms with van der Waals surface area (Å²) in [5.74, 6) is 2.03. The normalized spacial score (nSPS) is 14.9. The van der Waals surface area contributed by atoms with Crippen LogP contribution in [0.4, 0.5) is 0 Å². The van der Waals surface area contributed by atoms with Crippen LogP contribution in [0.3, 0.4) is 0 Å². The molecule has 5 nitrogen and oxygen atoms in total. The van der Waals surface area contributed by atoms with Crippen LogP contribution in [0, 0.1) is 5.92 Å². The second-order valence-electron chi connectivity index (χ2n) is 7.80. The van der Waals surface area contributed by atoms with Gasteiger partial charge in [0.15, 0.2) is 11.5 Å². The quantitative estimate of drug-likeness (QED) is 0.467. The van der Waals surface area contributed by atoms with Crippen LogP contribution in [0.1, 0.15) is 30.5 Å². The third-order valence-electron chi connectivity index (χ3n) is 5.29. The van der Waals surface area contributed by atoms with Crippen molar-refractivity contribution in [3.63, 3.8) is 0 Å². The van der Waals surface area contributed by atoms with E-state index in [0.717, 1.165) is 36.6 Å². The van der Waals surface area contributed by atoms with E-state index in [0.29, 0.717) is 19.1 Å². The molecule has 0 spiro atoms. The Labute approximate surface area is 174 Å². The summed E-state index contributed by atoms with van der Waals surface area (Å²) in [5.41, 5.74) is 3.72. The first-order chi connectivity index (χ1) is 14.1. The van der Waals surface area contributed by atoms with Gasteiger partial charge in [-0.15, -0.1) is 0 Å². The minimum atomic E-state index is 0.185. The van der Waals surface area contributed by atoms with Gasteiger partial charge in [-0.2, -0.15) is 0 Å². The van der Waals surface area contributed by atoms with Gasteiger partial charge in [0.1, 0.15) is 6.61 Å². The molecule has 0 N–H and O–H groups in total. The molecule has 0 saturated heterocycles. The zero-order valence-corrected chi connectivity index (χ0v) is 17.9. The average Bonchev–Trinajstić information content (AvgIpc) is 2.74. The first kappa shape index (κ1) is 21.2. The van der Waals surface area contributed by atoms with Gasteiger partial charge in [0.2, 0.25) is 0 Å². The van der Waals surface area contributed by atoms with Gasteiger partial charge in [-0.25, -0.2) is 0 Å². The number of nitrogens with zero attached hydrogens (tertiary/aromatic N) is 2. The van der Waals surface area contributed by atoms with Crippen LogP contribution in [0.5, 0.6) is 11.5 Å². The zero-order valence-electron chi connectivity index (χ0n) is 17.9. The highest BCUT2D eigenvalue weighted by Gasteiger charge is 2.19. The number of rotatable bonds is 9. The van der Waals surface area contributed by atoms with Crippen LogP contribution >= 0.6 is 0 Å². The van der Waals surface area contributed by atoms with Crippen molar-refractivity contribution in [2.75, 3.05) is 27.4 Å². The van der Waals surface area contributed by atoms with E-state index in [9.17, 15) is 0 Å². The Morgan fingerprint density at radius 1 is 1.07 bits per heavy atom. The standard InChI is InChI=1S/C24H32N2O3/c1-18(2)22(16-27-3)25-17-26-11-10-20-12-24(23(28-4)13-21(20)14-26)29-15-19-8-6-5-7-9-19/h5-9,12-13,17-18,22H,10-11,14-16H2,1-4H3/t22-/m1/s1. The van der Waals surface area contributed by atoms with Gasteiger partial charge in [-0.1, -0.05) is 44.2 Å². The number of fused-ring (bicyclic) bond motifs is 1.